The number of nitrogens with zero attached hydrogens (tertiary/aromatic N) is 5. The number of non-ortho nitro benzene ring substituents is 1. The van der Waals surface area contributed by atoms with Crippen LogP contribution in [-0.4, -0.2) is 24.9 Å². The Morgan fingerprint density at radius 2 is 2.12 bits per heavy atom. The lowest BCUT2D eigenvalue weighted by molar-refractivity contribution is -0.384. The van der Waals surface area contributed by atoms with Gasteiger partial charge in [0.2, 0.25) is 0 Å². The number of aliphatic imine (C=N–C) groups is 1. The molecule has 2 aromatic rings. The van der Waals surface area contributed by atoms with Gasteiger partial charge >= 0.3 is 0 Å². The summed E-state index contributed by atoms with van der Waals surface area (Å²) >= 11 is 1.41. The summed E-state index contributed by atoms with van der Waals surface area (Å²) in [5, 5.41) is 15.5. The van der Waals surface area contributed by atoms with Crippen LogP contribution < -0.4 is 5.73 Å². The molecule has 1 aliphatic rings. The van der Waals surface area contributed by atoms with Crippen molar-refractivity contribution in [1.29, 1.82) is 0 Å². The fourth-order valence-electron chi connectivity index (χ4n) is 3.01. The van der Waals surface area contributed by atoms with Gasteiger partial charge in [-0.1, -0.05) is 44.2 Å². The zero-order valence-electron chi connectivity index (χ0n) is 14.6. The molecular weight excluding hydrogens is 352 g/mol. The first kappa shape index (κ1) is 18.1. The van der Waals surface area contributed by atoms with Crippen LogP contribution >= 0.6 is 11.8 Å². The van der Waals surface area contributed by atoms with Crippen LogP contribution in [0.3, 0.4) is 0 Å². The molecule has 0 saturated carbocycles. The molecule has 1 aromatic carbocycles. The molecule has 2 heterocycles. The molecule has 2 unspecified atom stereocenters. The zero-order chi connectivity index (χ0) is 18.7. The van der Waals surface area contributed by atoms with Crippen LogP contribution in [-0.2, 0) is 0 Å². The van der Waals surface area contributed by atoms with Gasteiger partial charge in [-0.3, -0.25) is 10.1 Å². The number of nitrogens with two attached hydrogens (primary N) is 1. The van der Waals surface area contributed by atoms with Crippen molar-refractivity contribution >= 4 is 28.3 Å². The fraction of sp³-hybridized carbons (Fsp3) is 0.353. The Morgan fingerprint density at radius 3 is 2.69 bits per heavy atom. The Balaban J connectivity index is 2.10. The van der Waals surface area contributed by atoms with E-state index >= 15 is 0 Å². The zero-order valence-corrected chi connectivity index (χ0v) is 15.4. The minimum Gasteiger partial charge on any atom is -0.378 e. The molecule has 1 aromatic heterocycles. The van der Waals surface area contributed by atoms with Gasteiger partial charge in [-0.2, -0.15) is 5.10 Å². The van der Waals surface area contributed by atoms with Gasteiger partial charge in [-0.05, 0) is 12.0 Å². The van der Waals surface area contributed by atoms with E-state index in [4.69, 9.17) is 5.73 Å². The summed E-state index contributed by atoms with van der Waals surface area (Å²) in [6.45, 7) is 4.25. The predicted molar refractivity (Wildman–Crippen MR) is 102 cm³/mol. The lowest BCUT2D eigenvalue weighted by Gasteiger charge is -2.28. The van der Waals surface area contributed by atoms with E-state index in [1.165, 1.54) is 30.2 Å². The van der Waals surface area contributed by atoms with Gasteiger partial charge in [0.25, 0.3) is 5.69 Å². The Hall–Kier alpha value is -2.68. The largest absolute Gasteiger partial charge is 0.378 e. The maximum absolute atomic E-state index is 10.9. The molecular formula is C17H20N6O2S. The topological polar surface area (TPSA) is 112 Å². The SMILES string of the molecule is CCCC(C)C1=C(n2cncn2)C(c2ccc([N+](=O)[O-])cc2)SC(N)=N1. The summed E-state index contributed by atoms with van der Waals surface area (Å²) in [6, 6.07) is 6.53. The van der Waals surface area contributed by atoms with Gasteiger partial charge in [-0.25, -0.2) is 14.7 Å². The van der Waals surface area contributed by atoms with Crippen LogP contribution in [0.15, 0.2) is 47.6 Å². The molecule has 136 valence electrons. The Labute approximate surface area is 155 Å². The number of benzene rings is 1. The van der Waals surface area contributed by atoms with Crippen molar-refractivity contribution in [3.63, 3.8) is 0 Å². The van der Waals surface area contributed by atoms with Crippen molar-refractivity contribution < 1.29 is 4.92 Å². The Morgan fingerprint density at radius 1 is 1.38 bits per heavy atom. The van der Waals surface area contributed by atoms with Crippen LogP contribution in [0.5, 0.6) is 0 Å². The standard InChI is InChI=1S/C17H20N6O2S/c1-3-4-11(2)14-15(22-10-19-9-20-22)16(26-17(18)21-14)12-5-7-13(8-6-12)23(24)25/h5-11,16H,3-4H2,1-2H3,(H2,18,21). The molecule has 2 atom stereocenters. The van der Waals surface area contributed by atoms with E-state index < -0.39 is 4.92 Å². The number of nitro benzene ring substituents is 1. The van der Waals surface area contributed by atoms with E-state index in [1.54, 1.807) is 23.1 Å². The number of nitro groups is 1. The second-order valence-electron chi connectivity index (χ2n) is 6.10. The Bertz CT molecular complexity index is 845. The number of allylic oxidation sites excluding steroid dienone is 1. The second kappa shape index (κ2) is 7.69. The number of aromatic nitrogens is 3. The average Bonchev–Trinajstić information content (AvgIpc) is 3.15. The summed E-state index contributed by atoms with van der Waals surface area (Å²) in [4.78, 5) is 19.2. The van der Waals surface area contributed by atoms with Gasteiger partial charge in [0.1, 0.15) is 12.7 Å². The second-order valence-corrected chi connectivity index (χ2v) is 7.22. The van der Waals surface area contributed by atoms with E-state index in [2.05, 4.69) is 28.9 Å². The normalized spacial score (nSPS) is 18.5. The predicted octanol–water partition coefficient (Wildman–Crippen LogP) is 3.59. The minimum absolute atomic E-state index is 0.0575. The van der Waals surface area contributed by atoms with Gasteiger partial charge in [-0.15, -0.1) is 0 Å². The van der Waals surface area contributed by atoms with Crippen LogP contribution in [0.4, 0.5) is 5.69 Å². The van der Waals surface area contributed by atoms with E-state index in [9.17, 15) is 10.1 Å². The number of hydrogen-bond donors (Lipinski definition) is 1. The third-order valence-electron chi connectivity index (χ3n) is 4.24. The first-order valence-electron chi connectivity index (χ1n) is 8.35. The monoisotopic (exact) mass is 372 g/mol. The molecule has 0 fully saturated rings. The van der Waals surface area contributed by atoms with Gasteiger partial charge in [0.05, 0.1) is 21.6 Å². The van der Waals surface area contributed by atoms with Gasteiger partial charge in [0.15, 0.2) is 5.17 Å². The lowest BCUT2D eigenvalue weighted by Crippen LogP contribution is -2.22. The third kappa shape index (κ3) is 3.62. The fourth-order valence-corrected chi connectivity index (χ4v) is 4.04. The van der Waals surface area contributed by atoms with Gasteiger partial charge in [0, 0.05) is 18.1 Å². The van der Waals surface area contributed by atoms with E-state index in [1.807, 2.05) is 0 Å². The molecule has 26 heavy (non-hydrogen) atoms. The number of amidine groups is 1. The summed E-state index contributed by atoms with van der Waals surface area (Å²) in [5.74, 6) is 0.208. The van der Waals surface area contributed by atoms with Gasteiger partial charge < -0.3 is 5.73 Å². The van der Waals surface area contributed by atoms with Crippen LogP contribution in [0, 0.1) is 16.0 Å². The maximum atomic E-state index is 10.9. The summed E-state index contributed by atoms with van der Waals surface area (Å²) in [6.07, 6.45) is 5.13. The summed E-state index contributed by atoms with van der Waals surface area (Å²) in [7, 11) is 0. The highest BCUT2D eigenvalue weighted by Gasteiger charge is 2.31. The first-order valence-corrected chi connectivity index (χ1v) is 9.23. The molecule has 0 spiro atoms. The first-order chi connectivity index (χ1) is 12.5. The van der Waals surface area contributed by atoms with E-state index in [-0.39, 0.29) is 16.9 Å². The van der Waals surface area contributed by atoms with E-state index in [0.717, 1.165) is 29.8 Å². The molecule has 0 radical (unpaired) electrons. The molecule has 1 aliphatic heterocycles. The van der Waals surface area contributed by atoms with Crippen molar-refractivity contribution in [2.75, 3.05) is 0 Å². The summed E-state index contributed by atoms with van der Waals surface area (Å²) in [5.41, 5.74) is 8.86. The molecule has 0 saturated heterocycles. The number of thioether (sulfide) groups is 1. The molecule has 2 N–H and O–H groups in total. The quantitative estimate of drug-likeness (QED) is 0.612. The highest BCUT2D eigenvalue weighted by molar-refractivity contribution is 8.14. The molecule has 0 amide bonds. The molecule has 8 nitrogen and oxygen atoms in total. The highest BCUT2D eigenvalue weighted by atomic mass is 32.2. The van der Waals surface area contributed by atoms with Crippen molar-refractivity contribution in [3.05, 3.63) is 58.3 Å². The Kier molecular flexibility index (Phi) is 5.36. The molecule has 3 rings (SSSR count). The number of hydrogen-bond acceptors (Lipinski definition) is 7. The smallest absolute Gasteiger partial charge is 0.269 e. The average molecular weight is 372 g/mol. The van der Waals surface area contributed by atoms with Crippen molar-refractivity contribution in [2.45, 2.75) is 31.9 Å². The van der Waals surface area contributed by atoms with Crippen molar-refractivity contribution in [3.8, 4) is 0 Å². The van der Waals surface area contributed by atoms with Crippen molar-refractivity contribution in [1.82, 2.24) is 14.8 Å². The third-order valence-corrected chi connectivity index (χ3v) is 5.30. The van der Waals surface area contributed by atoms with Crippen molar-refractivity contribution in [2.24, 2.45) is 16.6 Å². The lowest BCUT2D eigenvalue weighted by atomic mass is 9.97. The molecule has 0 aliphatic carbocycles. The molecule has 0 bridgehead atoms. The highest BCUT2D eigenvalue weighted by Crippen LogP contribution is 2.45. The number of rotatable bonds is 6. The maximum Gasteiger partial charge on any atom is 0.269 e. The summed E-state index contributed by atoms with van der Waals surface area (Å²) < 4.78 is 1.72. The van der Waals surface area contributed by atoms with Crippen LogP contribution in [0.1, 0.15) is 37.5 Å². The van der Waals surface area contributed by atoms with Crippen LogP contribution in [0.2, 0.25) is 0 Å². The van der Waals surface area contributed by atoms with E-state index in [0.29, 0.717) is 5.17 Å². The van der Waals surface area contributed by atoms with Crippen LogP contribution in [0.25, 0.3) is 5.70 Å². The minimum atomic E-state index is -0.406. The molecule has 9 heteroatoms.